The molecule has 0 unspecified atom stereocenters. The van der Waals surface area contributed by atoms with Crippen molar-refractivity contribution in [3.63, 3.8) is 0 Å². The zero-order valence-electron chi connectivity index (χ0n) is 13.0. The van der Waals surface area contributed by atoms with Crippen molar-refractivity contribution in [1.82, 2.24) is 5.32 Å². The number of nitrogens with one attached hydrogen (secondary N) is 1. The monoisotopic (exact) mass is 248 g/mol. The highest BCUT2D eigenvalue weighted by molar-refractivity contribution is 5.54. The van der Waals surface area contributed by atoms with Gasteiger partial charge >= 0.3 is 0 Å². The minimum atomic E-state index is 0.168. The molecule has 2 heteroatoms. The van der Waals surface area contributed by atoms with Gasteiger partial charge in [0.1, 0.15) is 0 Å². The maximum Gasteiger partial charge on any atom is 0.0395 e. The van der Waals surface area contributed by atoms with E-state index in [1.54, 1.807) is 0 Å². The number of nitrogens with zero attached hydrogens (tertiary/aromatic N) is 1. The van der Waals surface area contributed by atoms with Gasteiger partial charge in [-0.15, -0.1) is 0 Å². The smallest absolute Gasteiger partial charge is 0.0395 e. The highest BCUT2D eigenvalue weighted by Gasteiger charge is 2.11. The lowest BCUT2D eigenvalue weighted by Crippen LogP contribution is -2.35. The van der Waals surface area contributed by atoms with Crippen LogP contribution >= 0.6 is 0 Å². The maximum atomic E-state index is 3.52. The molecule has 102 valence electrons. The molecule has 2 nitrogen and oxygen atoms in total. The Morgan fingerprint density at radius 1 is 1.22 bits per heavy atom. The topological polar surface area (TPSA) is 15.3 Å². The summed E-state index contributed by atoms with van der Waals surface area (Å²) in [6.45, 7) is 14.1. The summed E-state index contributed by atoms with van der Waals surface area (Å²) in [7, 11) is 2.15. The van der Waals surface area contributed by atoms with Crippen LogP contribution in [0.5, 0.6) is 0 Å². The molecule has 0 aliphatic rings. The van der Waals surface area contributed by atoms with E-state index >= 15 is 0 Å². The summed E-state index contributed by atoms with van der Waals surface area (Å²) in [5, 5.41) is 3.52. The minimum absolute atomic E-state index is 0.168. The Balaban J connectivity index is 2.80. The summed E-state index contributed by atoms with van der Waals surface area (Å²) in [6, 6.07) is 7.27. The lowest BCUT2D eigenvalue weighted by atomic mass is 10.1. The van der Waals surface area contributed by atoms with Gasteiger partial charge in [-0.05, 0) is 58.7 Å². The predicted octanol–water partition coefficient (Wildman–Crippen LogP) is 3.73. The minimum Gasteiger partial charge on any atom is -0.372 e. The standard InChI is InChI=1S/C16H28N2/c1-12(2)18(7)15-9-8-14(10-13(15)3)11-17-16(4,5)6/h8-10,12,17H,11H2,1-7H3. The quantitative estimate of drug-likeness (QED) is 0.873. The summed E-state index contributed by atoms with van der Waals surface area (Å²) in [5.41, 5.74) is 4.19. The van der Waals surface area contributed by atoms with Crippen LogP contribution < -0.4 is 10.2 Å². The van der Waals surface area contributed by atoms with Crippen molar-refractivity contribution < 1.29 is 0 Å². The van der Waals surface area contributed by atoms with Crippen LogP contribution in [0, 0.1) is 6.92 Å². The zero-order valence-corrected chi connectivity index (χ0v) is 13.0. The number of anilines is 1. The van der Waals surface area contributed by atoms with E-state index in [-0.39, 0.29) is 5.54 Å². The molecule has 1 N–H and O–H groups in total. The van der Waals surface area contributed by atoms with Gasteiger partial charge in [0.15, 0.2) is 0 Å². The second kappa shape index (κ2) is 5.75. The molecule has 1 aromatic rings. The van der Waals surface area contributed by atoms with E-state index in [0.717, 1.165) is 6.54 Å². The lowest BCUT2D eigenvalue weighted by Gasteiger charge is -2.26. The van der Waals surface area contributed by atoms with Gasteiger partial charge in [0.25, 0.3) is 0 Å². The molecule has 0 radical (unpaired) electrons. The van der Waals surface area contributed by atoms with E-state index in [1.807, 2.05) is 0 Å². The maximum absolute atomic E-state index is 3.52. The Labute approximate surface area is 112 Å². The molecule has 0 atom stereocenters. The van der Waals surface area contributed by atoms with Crippen LogP contribution in [0.15, 0.2) is 18.2 Å². The van der Waals surface area contributed by atoms with Crippen LogP contribution in [0.2, 0.25) is 0 Å². The first-order valence-corrected chi connectivity index (χ1v) is 6.78. The first-order valence-electron chi connectivity index (χ1n) is 6.78. The van der Waals surface area contributed by atoms with E-state index in [4.69, 9.17) is 0 Å². The molecule has 0 heterocycles. The third kappa shape index (κ3) is 4.34. The third-order valence-corrected chi connectivity index (χ3v) is 3.24. The van der Waals surface area contributed by atoms with E-state index < -0.39 is 0 Å². The molecule has 0 bridgehead atoms. The van der Waals surface area contributed by atoms with Gasteiger partial charge in [-0.25, -0.2) is 0 Å². The number of hydrogen-bond donors (Lipinski definition) is 1. The second-order valence-electron chi connectivity index (χ2n) is 6.43. The first-order chi connectivity index (χ1) is 8.20. The molecular formula is C16H28N2. The van der Waals surface area contributed by atoms with Gasteiger partial charge in [0.05, 0.1) is 0 Å². The van der Waals surface area contributed by atoms with Crippen molar-refractivity contribution in [1.29, 1.82) is 0 Å². The van der Waals surface area contributed by atoms with Crippen molar-refractivity contribution in [3.05, 3.63) is 29.3 Å². The van der Waals surface area contributed by atoms with E-state index in [9.17, 15) is 0 Å². The fourth-order valence-corrected chi connectivity index (χ4v) is 1.87. The Morgan fingerprint density at radius 3 is 2.28 bits per heavy atom. The summed E-state index contributed by atoms with van der Waals surface area (Å²) in [6.07, 6.45) is 0. The summed E-state index contributed by atoms with van der Waals surface area (Å²) in [4.78, 5) is 2.32. The van der Waals surface area contributed by atoms with Crippen LogP contribution in [0.4, 0.5) is 5.69 Å². The van der Waals surface area contributed by atoms with Gasteiger partial charge in [-0.2, -0.15) is 0 Å². The van der Waals surface area contributed by atoms with Gasteiger partial charge in [-0.1, -0.05) is 12.1 Å². The molecule has 0 aliphatic carbocycles. The molecule has 0 saturated heterocycles. The normalized spacial score (nSPS) is 12.0. The molecule has 0 spiro atoms. The van der Waals surface area contributed by atoms with Gasteiger partial charge in [0, 0.05) is 30.9 Å². The Kier molecular flexibility index (Phi) is 4.80. The van der Waals surface area contributed by atoms with Crippen LogP contribution in [-0.4, -0.2) is 18.6 Å². The molecule has 0 aliphatic heterocycles. The van der Waals surface area contributed by atoms with Crippen molar-refractivity contribution in [3.8, 4) is 0 Å². The highest BCUT2D eigenvalue weighted by atomic mass is 15.1. The third-order valence-electron chi connectivity index (χ3n) is 3.24. The fourth-order valence-electron chi connectivity index (χ4n) is 1.87. The molecule has 1 aromatic carbocycles. The summed E-state index contributed by atoms with van der Waals surface area (Å²) >= 11 is 0. The largest absolute Gasteiger partial charge is 0.372 e. The summed E-state index contributed by atoms with van der Waals surface area (Å²) in [5.74, 6) is 0. The zero-order chi connectivity index (χ0) is 13.9. The van der Waals surface area contributed by atoms with Crippen molar-refractivity contribution in [2.45, 2.75) is 59.7 Å². The average Bonchev–Trinajstić information content (AvgIpc) is 2.24. The first kappa shape index (κ1) is 15.0. The predicted molar refractivity (Wildman–Crippen MR) is 81.3 cm³/mol. The molecule has 0 amide bonds. The molecule has 0 fully saturated rings. The molecule has 0 aromatic heterocycles. The van der Waals surface area contributed by atoms with Crippen molar-refractivity contribution in [2.24, 2.45) is 0 Å². The number of rotatable bonds is 4. The Bertz CT molecular complexity index is 389. The number of aryl methyl sites for hydroxylation is 1. The summed E-state index contributed by atoms with van der Waals surface area (Å²) < 4.78 is 0. The van der Waals surface area contributed by atoms with Crippen molar-refractivity contribution >= 4 is 5.69 Å². The van der Waals surface area contributed by atoms with Crippen LogP contribution in [0.1, 0.15) is 45.7 Å². The van der Waals surface area contributed by atoms with Crippen LogP contribution in [0.25, 0.3) is 0 Å². The van der Waals surface area contributed by atoms with Crippen LogP contribution in [-0.2, 0) is 6.54 Å². The highest BCUT2D eigenvalue weighted by Crippen LogP contribution is 2.22. The fraction of sp³-hybridized carbons (Fsp3) is 0.625. The SMILES string of the molecule is Cc1cc(CNC(C)(C)C)ccc1N(C)C(C)C. The van der Waals surface area contributed by atoms with E-state index in [1.165, 1.54) is 16.8 Å². The Hall–Kier alpha value is -1.02. The van der Waals surface area contributed by atoms with Crippen molar-refractivity contribution in [2.75, 3.05) is 11.9 Å². The van der Waals surface area contributed by atoms with Gasteiger partial charge in [0.2, 0.25) is 0 Å². The molecule has 1 rings (SSSR count). The van der Waals surface area contributed by atoms with Gasteiger partial charge < -0.3 is 10.2 Å². The lowest BCUT2D eigenvalue weighted by molar-refractivity contribution is 0.424. The van der Waals surface area contributed by atoms with E-state index in [0.29, 0.717) is 6.04 Å². The number of hydrogen-bond acceptors (Lipinski definition) is 2. The van der Waals surface area contributed by atoms with Gasteiger partial charge in [-0.3, -0.25) is 0 Å². The second-order valence-corrected chi connectivity index (χ2v) is 6.43. The molecule has 18 heavy (non-hydrogen) atoms. The van der Waals surface area contributed by atoms with Crippen LogP contribution in [0.3, 0.4) is 0 Å². The molecular weight excluding hydrogens is 220 g/mol. The average molecular weight is 248 g/mol. The molecule has 0 saturated carbocycles. The number of benzene rings is 1. The van der Waals surface area contributed by atoms with E-state index in [2.05, 4.69) is 77.0 Å². The Morgan fingerprint density at radius 2 is 1.83 bits per heavy atom.